The fourth-order valence-corrected chi connectivity index (χ4v) is 3.82. The first-order chi connectivity index (χ1) is 8.16. The van der Waals surface area contributed by atoms with Crippen molar-refractivity contribution >= 4 is 11.3 Å². The summed E-state index contributed by atoms with van der Waals surface area (Å²) < 4.78 is 12.1. The molecule has 0 radical (unpaired) electrons. The van der Waals surface area contributed by atoms with Gasteiger partial charge in [0.2, 0.25) is 0 Å². The molecule has 1 aromatic heterocycles. The van der Waals surface area contributed by atoms with E-state index in [2.05, 4.69) is 36.0 Å². The number of hydrogen-bond acceptors (Lipinski definition) is 4. The molecule has 1 aromatic rings. The molecular formula is C13H19NO2S. The van der Waals surface area contributed by atoms with Gasteiger partial charge in [0.1, 0.15) is 5.60 Å². The largest absolute Gasteiger partial charge is 0.372 e. The van der Waals surface area contributed by atoms with Gasteiger partial charge >= 0.3 is 0 Å². The summed E-state index contributed by atoms with van der Waals surface area (Å²) in [7, 11) is 0. The molecule has 3 heterocycles. The quantitative estimate of drug-likeness (QED) is 0.833. The van der Waals surface area contributed by atoms with Crippen LogP contribution >= 0.6 is 11.3 Å². The van der Waals surface area contributed by atoms with E-state index in [1.165, 1.54) is 5.56 Å². The van der Waals surface area contributed by atoms with Gasteiger partial charge in [-0.15, -0.1) is 0 Å². The zero-order valence-corrected chi connectivity index (χ0v) is 11.2. The zero-order valence-electron chi connectivity index (χ0n) is 10.4. The van der Waals surface area contributed by atoms with Crippen LogP contribution in [0.25, 0.3) is 0 Å². The Morgan fingerprint density at radius 3 is 2.88 bits per heavy atom. The first kappa shape index (κ1) is 11.7. The first-order valence-corrected chi connectivity index (χ1v) is 7.13. The van der Waals surface area contributed by atoms with E-state index in [1.807, 2.05) is 0 Å². The molecule has 0 aromatic carbocycles. The lowest BCUT2D eigenvalue weighted by atomic mass is 9.76. The van der Waals surface area contributed by atoms with E-state index in [9.17, 15) is 0 Å². The van der Waals surface area contributed by atoms with Crippen LogP contribution in [-0.2, 0) is 9.47 Å². The van der Waals surface area contributed by atoms with Gasteiger partial charge in [-0.3, -0.25) is 0 Å². The fourth-order valence-electron chi connectivity index (χ4n) is 3.13. The number of thiophene rings is 1. The third kappa shape index (κ3) is 1.66. The van der Waals surface area contributed by atoms with Crippen molar-refractivity contribution in [2.75, 3.05) is 19.8 Å². The lowest BCUT2D eigenvalue weighted by Crippen LogP contribution is -2.60. The molecule has 94 valence electrons. The summed E-state index contributed by atoms with van der Waals surface area (Å²) in [5.41, 5.74) is 0.882. The smallest absolute Gasteiger partial charge is 0.118 e. The van der Waals surface area contributed by atoms with Crippen LogP contribution in [0.3, 0.4) is 0 Å². The number of ether oxygens (including phenoxy) is 2. The Bertz CT molecular complexity index is 390. The van der Waals surface area contributed by atoms with E-state index in [1.54, 1.807) is 11.3 Å². The van der Waals surface area contributed by atoms with Crippen molar-refractivity contribution in [1.29, 1.82) is 0 Å². The predicted octanol–water partition coefficient (Wildman–Crippen LogP) is 2.35. The van der Waals surface area contributed by atoms with Gasteiger partial charge in [0, 0.05) is 13.0 Å². The molecule has 3 nitrogen and oxygen atoms in total. The fraction of sp³-hybridized carbons (Fsp3) is 0.692. The Balaban J connectivity index is 2.00. The van der Waals surface area contributed by atoms with Crippen LogP contribution in [-0.4, -0.2) is 31.0 Å². The Hall–Kier alpha value is -0.420. The van der Waals surface area contributed by atoms with Gasteiger partial charge in [-0.2, -0.15) is 11.3 Å². The highest BCUT2D eigenvalue weighted by Crippen LogP contribution is 2.48. The second kappa shape index (κ2) is 4.05. The van der Waals surface area contributed by atoms with Crippen LogP contribution in [0.5, 0.6) is 0 Å². The van der Waals surface area contributed by atoms with Crippen molar-refractivity contribution in [3.8, 4) is 0 Å². The molecule has 1 spiro atoms. The Kier molecular flexibility index (Phi) is 2.78. The van der Waals surface area contributed by atoms with Crippen LogP contribution < -0.4 is 5.32 Å². The first-order valence-electron chi connectivity index (χ1n) is 6.19. The SMILES string of the molecule is CC1(C)OCCC12OCCNC2c1ccsc1. The van der Waals surface area contributed by atoms with Crippen molar-refractivity contribution in [3.63, 3.8) is 0 Å². The van der Waals surface area contributed by atoms with Crippen molar-refractivity contribution in [2.45, 2.75) is 37.5 Å². The molecule has 2 atom stereocenters. The molecule has 2 saturated heterocycles. The van der Waals surface area contributed by atoms with E-state index in [4.69, 9.17) is 9.47 Å². The molecule has 0 aliphatic carbocycles. The molecule has 2 aliphatic heterocycles. The molecule has 0 amide bonds. The minimum atomic E-state index is -0.229. The Labute approximate surface area is 106 Å². The Morgan fingerprint density at radius 2 is 2.24 bits per heavy atom. The Morgan fingerprint density at radius 1 is 1.35 bits per heavy atom. The van der Waals surface area contributed by atoms with Gasteiger partial charge in [0.15, 0.2) is 0 Å². The van der Waals surface area contributed by atoms with E-state index in [0.29, 0.717) is 0 Å². The van der Waals surface area contributed by atoms with Gasteiger partial charge in [-0.05, 0) is 36.2 Å². The number of nitrogens with one attached hydrogen (secondary N) is 1. The maximum absolute atomic E-state index is 6.20. The van der Waals surface area contributed by atoms with Crippen molar-refractivity contribution in [2.24, 2.45) is 0 Å². The lowest BCUT2D eigenvalue weighted by molar-refractivity contribution is -0.172. The van der Waals surface area contributed by atoms with Crippen LogP contribution in [0, 0.1) is 0 Å². The minimum Gasteiger partial charge on any atom is -0.372 e. The lowest BCUT2D eigenvalue weighted by Gasteiger charge is -2.48. The van der Waals surface area contributed by atoms with E-state index in [-0.39, 0.29) is 17.2 Å². The molecule has 2 fully saturated rings. The highest BCUT2D eigenvalue weighted by atomic mass is 32.1. The highest BCUT2D eigenvalue weighted by molar-refractivity contribution is 7.07. The number of hydrogen-bond donors (Lipinski definition) is 1. The molecule has 0 bridgehead atoms. The zero-order chi connectivity index (χ0) is 11.9. The number of morpholine rings is 1. The van der Waals surface area contributed by atoms with Gasteiger partial charge < -0.3 is 14.8 Å². The standard InChI is InChI=1S/C13H19NO2S/c1-12(2)13(4-6-15-12)11(14-5-7-16-13)10-3-8-17-9-10/h3,8-9,11,14H,4-7H2,1-2H3. The van der Waals surface area contributed by atoms with Crippen molar-refractivity contribution in [1.82, 2.24) is 5.32 Å². The summed E-state index contributed by atoms with van der Waals surface area (Å²) in [5.74, 6) is 0. The van der Waals surface area contributed by atoms with E-state index < -0.39 is 0 Å². The van der Waals surface area contributed by atoms with Crippen LogP contribution in [0.2, 0.25) is 0 Å². The van der Waals surface area contributed by atoms with Crippen LogP contribution in [0.4, 0.5) is 0 Å². The number of rotatable bonds is 1. The summed E-state index contributed by atoms with van der Waals surface area (Å²) in [5, 5.41) is 7.95. The van der Waals surface area contributed by atoms with Gasteiger partial charge in [-0.1, -0.05) is 0 Å². The van der Waals surface area contributed by atoms with Gasteiger partial charge in [0.25, 0.3) is 0 Å². The predicted molar refractivity (Wildman–Crippen MR) is 68.4 cm³/mol. The second-order valence-electron chi connectivity index (χ2n) is 5.29. The molecule has 17 heavy (non-hydrogen) atoms. The van der Waals surface area contributed by atoms with E-state index in [0.717, 1.165) is 26.2 Å². The normalized spacial score (nSPS) is 36.5. The summed E-state index contributed by atoms with van der Waals surface area (Å²) in [6.07, 6.45) is 0.966. The molecule has 1 N–H and O–H groups in total. The van der Waals surface area contributed by atoms with Gasteiger partial charge in [0.05, 0.1) is 24.9 Å². The maximum atomic E-state index is 6.20. The van der Waals surface area contributed by atoms with E-state index >= 15 is 0 Å². The average molecular weight is 253 g/mol. The summed E-state index contributed by atoms with van der Waals surface area (Å²) in [6.45, 7) is 6.76. The highest BCUT2D eigenvalue weighted by Gasteiger charge is 2.57. The third-order valence-electron chi connectivity index (χ3n) is 4.11. The average Bonchev–Trinajstić information content (AvgIpc) is 2.90. The summed E-state index contributed by atoms with van der Waals surface area (Å²) >= 11 is 1.74. The molecular weight excluding hydrogens is 234 g/mol. The topological polar surface area (TPSA) is 30.5 Å². The van der Waals surface area contributed by atoms with Crippen molar-refractivity contribution in [3.05, 3.63) is 22.4 Å². The monoisotopic (exact) mass is 253 g/mol. The molecule has 2 aliphatic rings. The van der Waals surface area contributed by atoms with Gasteiger partial charge in [-0.25, -0.2) is 0 Å². The minimum absolute atomic E-state index is 0.216. The van der Waals surface area contributed by atoms with Crippen molar-refractivity contribution < 1.29 is 9.47 Å². The second-order valence-corrected chi connectivity index (χ2v) is 6.07. The molecule has 4 heteroatoms. The third-order valence-corrected chi connectivity index (χ3v) is 4.81. The summed E-state index contributed by atoms with van der Waals surface area (Å²) in [4.78, 5) is 0. The van der Waals surface area contributed by atoms with Crippen LogP contribution in [0.15, 0.2) is 16.8 Å². The summed E-state index contributed by atoms with van der Waals surface area (Å²) in [6, 6.07) is 2.44. The maximum Gasteiger partial charge on any atom is 0.118 e. The molecule has 2 unspecified atom stereocenters. The molecule has 3 rings (SSSR count). The van der Waals surface area contributed by atoms with Crippen LogP contribution in [0.1, 0.15) is 31.9 Å². The molecule has 0 saturated carbocycles.